The second-order valence-corrected chi connectivity index (χ2v) is 11.1. The SMILES string of the molecule is O=CO.[CH2-]CN([CH-]COC[N-]Cc1nc2ccc(C)cc2n1CC1CCO1)c1cccc2c1OC(C)(c1ccc(Cl)cc1F)O2.[Ir+3]. The first kappa shape index (κ1) is 35.6. The number of anilines is 1. The monoisotopic (exact) mass is 830 g/mol. The van der Waals surface area contributed by atoms with Gasteiger partial charge in [-0.2, -0.15) is 0 Å². The third-order valence-electron chi connectivity index (χ3n) is 7.54. The number of ether oxygens (including phenoxy) is 4. The molecule has 46 heavy (non-hydrogen) atoms. The molecule has 0 amide bonds. The number of fused-ring (bicyclic) bond motifs is 2. The number of halogens is 2. The molecule has 0 spiro atoms. The minimum absolute atomic E-state index is 0. The summed E-state index contributed by atoms with van der Waals surface area (Å²) in [6.07, 6.45) is 1.28. The Kier molecular flexibility index (Phi) is 12.4. The molecule has 0 aliphatic carbocycles. The van der Waals surface area contributed by atoms with E-state index in [1.807, 2.05) is 23.6 Å². The molecule has 1 N–H and O–H groups in total. The van der Waals surface area contributed by atoms with E-state index in [9.17, 15) is 4.39 Å². The fourth-order valence-electron chi connectivity index (χ4n) is 5.26. The molecule has 10 nitrogen and oxygen atoms in total. The van der Waals surface area contributed by atoms with E-state index in [1.165, 1.54) is 11.6 Å². The molecule has 6 rings (SSSR count). The summed E-state index contributed by atoms with van der Waals surface area (Å²) in [5.74, 6) is 0.0744. The van der Waals surface area contributed by atoms with Gasteiger partial charge in [0.1, 0.15) is 5.82 Å². The van der Waals surface area contributed by atoms with Crippen LogP contribution in [0.5, 0.6) is 11.5 Å². The first-order chi connectivity index (χ1) is 21.8. The van der Waals surface area contributed by atoms with Crippen LogP contribution in [0.25, 0.3) is 16.4 Å². The zero-order chi connectivity index (χ0) is 32.0. The molecule has 1 fully saturated rings. The van der Waals surface area contributed by atoms with Gasteiger partial charge in [0.15, 0.2) is 11.5 Å². The Morgan fingerprint density at radius 3 is 2.76 bits per heavy atom. The van der Waals surface area contributed by atoms with Crippen LogP contribution in [0.1, 0.15) is 30.3 Å². The van der Waals surface area contributed by atoms with Gasteiger partial charge in [-0.25, -0.2) is 15.9 Å². The van der Waals surface area contributed by atoms with Crippen molar-refractivity contribution >= 4 is 34.8 Å². The molecule has 3 heterocycles. The average molecular weight is 830 g/mol. The van der Waals surface area contributed by atoms with Crippen LogP contribution in [0.4, 0.5) is 10.1 Å². The van der Waals surface area contributed by atoms with Crippen molar-refractivity contribution in [3.63, 3.8) is 0 Å². The number of hydrogen-bond donors (Lipinski definition) is 1. The Labute approximate surface area is 286 Å². The molecular weight excluding hydrogens is 795 g/mol. The number of nitrogens with zero attached hydrogens (tertiary/aromatic N) is 4. The first-order valence-corrected chi connectivity index (χ1v) is 14.9. The van der Waals surface area contributed by atoms with Gasteiger partial charge in [-0.1, -0.05) is 36.9 Å². The third kappa shape index (κ3) is 7.99. The van der Waals surface area contributed by atoms with Crippen LogP contribution in [0, 0.1) is 26.2 Å². The molecule has 0 saturated carbocycles. The van der Waals surface area contributed by atoms with E-state index in [1.54, 1.807) is 25.1 Å². The quantitative estimate of drug-likeness (QED) is 0.0966. The van der Waals surface area contributed by atoms with Gasteiger partial charge in [0, 0.05) is 18.6 Å². The number of rotatable bonds is 12. The molecule has 13 heteroatoms. The van der Waals surface area contributed by atoms with Crippen molar-refractivity contribution in [2.24, 2.45) is 0 Å². The zero-order valence-corrected chi connectivity index (χ0v) is 28.6. The van der Waals surface area contributed by atoms with E-state index < -0.39 is 11.6 Å². The van der Waals surface area contributed by atoms with Crippen molar-refractivity contribution in [2.45, 2.75) is 45.2 Å². The van der Waals surface area contributed by atoms with Crippen LogP contribution in [0.3, 0.4) is 0 Å². The Morgan fingerprint density at radius 2 is 2.07 bits per heavy atom. The Morgan fingerprint density at radius 1 is 1.28 bits per heavy atom. The van der Waals surface area contributed by atoms with Gasteiger partial charge in [-0.15, -0.1) is 6.54 Å². The van der Waals surface area contributed by atoms with Crippen molar-refractivity contribution in [2.75, 3.05) is 31.4 Å². The number of aryl methyl sites for hydroxylation is 1. The van der Waals surface area contributed by atoms with Crippen molar-refractivity contribution < 1.29 is 53.3 Å². The van der Waals surface area contributed by atoms with E-state index >= 15 is 0 Å². The van der Waals surface area contributed by atoms with Crippen LogP contribution in [0.15, 0.2) is 54.6 Å². The summed E-state index contributed by atoms with van der Waals surface area (Å²) < 4.78 is 40.8. The Bertz CT molecular complexity index is 1640. The molecule has 2 aliphatic rings. The second-order valence-electron chi connectivity index (χ2n) is 10.7. The Hall–Kier alpha value is -3.25. The molecule has 1 saturated heterocycles. The van der Waals surface area contributed by atoms with Crippen molar-refractivity contribution in [3.8, 4) is 11.5 Å². The first-order valence-electron chi connectivity index (χ1n) is 14.5. The van der Waals surface area contributed by atoms with Crippen molar-refractivity contribution in [1.82, 2.24) is 9.55 Å². The van der Waals surface area contributed by atoms with Gasteiger partial charge in [0.25, 0.3) is 12.3 Å². The molecular formula is C33H35ClFIrN4O6. The van der Waals surface area contributed by atoms with Gasteiger partial charge in [0.05, 0.1) is 40.8 Å². The van der Waals surface area contributed by atoms with E-state index in [4.69, 9.17) is 45.4 Å². The number of hydrogen-bond acceptors (Lipinski definition) is 7. The minimum atomic E-state index is -1.34. The molecule has 1 aromatic heterocycles. The normalized spacial score (nSPS) is 17.9. The van der Waals surface area contributed by atoms with E-state index in [0.717, 1.165) is 42.1 Å². The molecule has 2 unspecified atom stereocenters. The number of aromatic nitrogens is 2. The fourth-order valence-corrected chi connectivity index (χ4v) is 5.42. The van der Waals surface area contributed by atoms with E-state index in [-0.39, 0.29) is 45.0 Å². The van der Waals surface area contributed by atoms with Crippen LogP contribution < -0.4 is 14.4 Å². The molecule has 4 aromatic rings. The number of benzene rings is 3. The predicted octanol–water partition coefficient (Wildman–Crippen LogP) is 6.62. The third-order valence-corrected chi connectivity index (χ3v) is 7.78. The fraction of sp³-hybridized carbons (Fsp3) is 0.333. The van der Waals surface area contributed by atoms with Crippen LogP contribution in [-0.4, -0.2) is 53.7 Å². The van der Waals surface area contributed by atoms with Gasteiger partial charge >= 0.3 is 20.1 Å². The summed E-state index contributed by atoms with van der Waals surface area (Å²) in [5.41, 5.74) is 4.25. The number of carboxylic acid groups (broad SMARTS) is 1. The van der Waals surface area contributed by atoms with Crippen molar-refractivity contribution in [1.29, 1.82) is 0 Å². The standard InChI is InChI=1S/C32H33ClFN4O4.CH2O2.Ir/c1-4-37(27-6-5-7-29-31(27)42-32(3,41-29)24-10-9-22(33)17-25(24)34)13-15-39-20-35-18-30-36-26-11-8-21(2)16-28(26)38(30)19-23-12-14-40-23;2-1-3;/h5-11,13,16-17,23H,1,4,12,14-15,18-20H2,2-3H3;1H,(H,2,3);/q-3;;+3. The largest absolute Gasteiger partial charge is 3.00 e. The maximum Gasteiger partial charge on any atom is 3.00 e. The van der Waals surface area contributed by atoms with Gasteiger partial charge in [-0.3, -0.25) is 4.79 Å². The molecule has 246 valence electrons. The minimum Gasteiger partial charge on any atom is -0.633 e. The van der Waals surface area contributed by atoms with Gasteiger partial charge in [0.2, 0.25) is 0 Å². The van der Waals surface area contributed by atoms with Gasteiger partial charge in [-0.05, 0) is 68.1 Å². The van der Waals surface area contributed by atoms with Gasteiger partial charge < -0.3 is 45.8 Å². The second kappa shape index (κ2) is 16.0. The average Bonchev–Trinajstić information content (AvgIpc) is 3.51. The molecule has 0 bridgehead atoms. The van der Waals surface area contributed by atoms with Crippen LogP contribution in [-0.2, 0) is 53.3 Å². The number of carbonyl (C=O) groups is 1. The number of para-hydroxylation sites is 1. The molecule has 0 radical (unpaired) electrons. The number of imidazole rings is 1. The topological polar surface area (TPSA) is 109 Å². The Balaban J connectivity index is 0.00000116. The van der Waals surface area contributed by atoms with E-state index in [2.05, 4.69) is 41.9 Å². The van der Waals surface area contributed by atoms with Crippen LogP contribution in [0.2, 0.25) is 5.02 Å². The van der Waals surface area contributed by atoms with Crippen molar-refractivity contribution in [3.05, 3.63) is 101 Å². The van der Waals surface area contributed by atoms with Crippen LogP contribution >= 0.6 is 11.6 Å². The predicted molar refractivity (Wildman–Crippen MR) is 169 cm³/mol. The molecule has 2 aliphatic heterocycles. The summed E-state index contributed by atoms with van der Waals surface area (Å²) in [7, 11) is 0. The maximum atomic E-state index is 14.7. The summed E-state index contributed by atoms with van der Waals surface area (Å²) in [6, 6.07) is 16.3. The maximum absolute atomic E-state index is 14.7. The smallest absolute Gasteiger partial charge is 0.633 e. The zero-order valence-electron chi connectivity index (χ0n) is 25.5. The van der Waals surface area contributed by atoms with E-state index in [0.29, 0.717) is 36.2 Å². The molecule has 2 atom stereocenters. The summed E-state index contributed by atoms with van der Waals surface area (Å²) >= 11 is 5.94. The summed E-state index contributed by atoms with van der Waals surface area (Å²) in [6.45, 7) is 12.4. The molecule has 3 aromatic carbocycles. The summed E-state index contributed by atoms with van der Waals surface area (Å²) in [5, 5.41) is 11.8. The summed E-state index contributed by atoms with van der Waals surface area (Å²) in [4.78, 5) is 15.1.